The van der Waals surface area contributed by atoms with E-state index in [1.165, 1.54) is 24.8 Å². The summed E-state index contributed by atoms with van der Waals surface area (Å²) in [5, 5.41) is 10.3. The quantitative estimate of drug-likeness (QED) is 0.588. The molecule has 2 aromatic heterocycles. The average molecular weight is 405 g/mol. The largest absolute Gasteiger partial charge is 0.390 e. The number of hydrogen-bond donors (Lipinski definition) is 2. The Kier molecular flexibility index (Phi) is 4.75. The number of aliphatic hydroxyl groups excluding tert-OH is 1. The normalized spacial score (nSPS) is 22.7. The Balaban J connectivity index is 1.47. The van der Waals surface area contributed by atoms with Crippen LogP contribution < -0.4 is 5.73 Å². The van der Waals surface area contributed by atoms with Crippen LogP contribution >= 0.6 is 0 Å². The second-order valence-electron chi connectivity index (χ2n) is 6.57. The zero-order chi connectivity index (χ0) is 19.9. The van der Waals surface area contributed by atoms with Gasteiger partial charge in [-0.05, 0) is 19.1 Å². The topological polar surface area (TPSA) is 142 Å². The van der Waals surface area contributed by atoms with Crippen LogP contribution in [0.15, 0.2) is 41.8 Å². The van der Waals surface area contributed by atoms with Crippen molar-refractivity contribution in [1.29, 1.82) is 0 Å². The second kappa shape index (κ2) is 7.09. The number of aromatic nitrogens is 4. The smallest absolute Gasteiger partial charge is 0.297 e. The third-order valence-electron chi connectivity index (χ3n) is 4.60. The maximum absolute atomic E-state index is 12.3. The Labute approximate surface area is 161 Å². The van der Waals surface area contributed by atoms with E-state index in [2.05, 4.69) is 15.0 Å². The van der Waals surface area contributed by atoms with Gasteiger partial charge < -0.3 is 15.6 Å². The van der Waals surface area contributed by atoms with Crippen molar-refractivity contribution in [3.63, 3.8) is 0 Å². The molecular weight excluding hydrogens is 386 g/mol. The van der Waals surface area contributed by atoms with Crippen molar-refractivity contribution >= 4 is 27.1 Å². The maximum Gasteiger partial charge on any atom is 0.297 e. The molecule has 2 unspecified atom stereocenters. The van der Waals surface area contributed by atoms with Crippen LogP contribution in [0, 0.1) is 6.92 Å². The van der Waals surface area contributed by atoms with Gasteiger partial charge in [0.05, 0.1) is 23.9 Å². The molecule has 3 N–H and O–H groups in total. The number of fused-ring (bicyclic) bond motifs is 1. The van der Waals surface area contributed by atoms with Crippen molar-refractivity contribution in [3.8, 4) is 0 Å². The van der Waals surface area contributed by atoms with E-state index in [1.54, 1.807) is 16.7 Å². The van der Waals surface area contributed by atoms with E-state index in [0.29, 0.717) is 11.2 Å². The number of nitrogen functional groups attached to an aromatic ring is 1. The number of aliphatic hydroxyl groups is 1. The zero-order valence-electron chi connectivity index (χ0n) is 15.0. The fourth-order valence-corrected chi connectivity index (χ4v) is 3.97. The van der Waals surface area contributed by atoms with Crippen LogP contribution in [0.1, 0.15) is 18.2 Å². The van der Waals surface area contributed by atoms with E-state index >= 15 is 0 Å². The fraction of sp³-hybridized carbons (Fsp3) is 0.353. The number of rotatable bonds is 5. The first-order valence-corrected chi connectivity index (χ1v) is 9.98. The third kappa shape index (κ3) is 3.44. The number of nitrogens with two attached hydrogens (primary N) is 1. The monoisotopic (exact) mass is 405 g/mol. The molecule has 0 bridgehead atoms. The molecule has 11 heteroatoms. The van der Waals surface area contributed by atoms with Gasteiger partial charge in [-0.2, -0.15) is 8.42 Å². The van der Waals surface area contributed by atoms with E-state index in [0.717, 1.165) is 5.56 Å². The molecule has 0 saturated carbocycles. The third-order valence-corrected chi connectivity index (χ3v) is 5.89. The van der Waals surface area contributed by atoms with E-state index in [-0.39, 0.29) is 23.7 Å². The van der Waals surface area contributed by atoms with Crippen LogP contribution in [0.5, 0.6) is 0 Å². The number of ether oxygens (including phenoxy) is 1. The van der Waals surface area contributed by atoms with E-state index in [9.17, 15) is 13.5 Å². The highest BCUT2D eigenvalue weighted by Crippen LogP contribution is 2.32. The molecule has 3 heterocycles. The molecule has 1 aliphatic heterocycles. The van der Waals surface area contributed by atoms with Crippen LogP contribution in [0.4, 0.5) is 5.82 Å². The lowest BCUT2D eigenvalue weighted by atomic mass is 10.2. The summed E-state index contributed by atoms with van der Waals surface area (Å²) in [6.07, 6.45) is 0.741. The molecule has 1 saturated heterocycles. The average Bonchev–Trinajstić information content (AvgIpc) is 3.25. The molecule has 1 fully saturated rings. The van der Waals surface area contributed by atoms with Gasteiger partial charge >= 0.3 is 0 Å². The summed E-state index contributed by atoms with van der Waals surface area (Å²) < 4.78 is 37.2. The molecule has 4 rings (SSSR count). The van der Waals surface area contributed by atoms with Gasteiger partial charge in [-0.25, -0.2) is 15.0 Å². The van der Waals surface area contributed by atoms with Gasteiger partial charge in [-0.3, -0.25) is 8.75 Å². The molecule has 0 radical (unpaired) electrons. The SMILES string of the molecule is Cc1ccc(S(=O)(=O)OC[C@H]2OC(n3cnc4c(N)ncnc43)CC2O)cc1. The van der Waals surface area contributed by atoms with Crippen molar-refractivity contribution in [2.24, 2.45) is 0 Å². The summed E-state index contributed by atoms with van der Waals surface area (Å²) in [6.45, 7) is 1.55. The molecule has 3 atom stereocenters. The van der Waals surface area contributed by atoms with Gasteiger partial charge in [0.1, 0.15) is 24.2 Å². The summed E-state index contributed by atoms with van der Waals surface area (Å²) in [5.41, 5.74) is 7.62. The van der Waals surface area contributed by atoms with Gasteiger partial charge in [0.25, 0.3) is 10.1 Å². The van der Waals surface area contributed by atoms with Crippen molar-refractivity contribution in [2.45, 2.75) is 36.7 Å². The Hall–Kier alpha value is -2.60. The molecule has 1 aliphatic rings. The maximum atomic E-state index is 12.3. The molecular formula is C17H19N5O5S. The Morgan fingerprint density at radius 3 is 2.79 bits per heavy atom. The molecule has 1 aromatic carbocycles. The molecule has 28 heavy (non-hydrogen) atoms. The predicted molar refractivity (Wildman–Crippen MR) is 98.6 cm³/mol. The van der Waals surface area contributed by atoms with Gasteiger partial charge in [-0.15, -0.1) is 0 Å². The van der Waals surface area contributed by atoms with Gasteiger partial charge in [0.15, 0.2) is 11.5 Å². The minimum absolute atomic E-state index is 0.0508. The molecule has 3 aromatic rings. The lowest BCUT2D eigenvalue weighted by molar-refractivity contribution is -0.0371. The molecule has 148 valence electrons. The first-order valence-electron chi connectivity index (χ1n) is 8.58. The van der Waals surface area contributed by atoms with E-state index < -0.39 is 28.6 Å². The summed E-state index contributed by atoms with van der Waals surface area (Å²) in [7, 11) is -3.95. The highest BCUT2D eigenvalue weighted by Gasteiger charge is 2.37. The fourth-order valence-electron chi connectivity index (χ4n) is 3.05. The number of aryl methyl sites for hydroxylation is 1. The lowest BCUT2D eigenvalue weighted by Crippen LogP contribution is -2.28. The Morgan fingerprint density at radius 2 is 2.04 bits per heavy atom. The number of hydrogen-bond acceptors (Lipinski definition) is 9. The molecule has 10 nitrogen and oxygen atoms in total. The highest BCUT2D eigenvalue weighted by atomic mass is 32.2. The minimum atomic E-state index is -3.95. The van der Waals surface area contributed by atoms with Gasteiger partial charge in [-0.1, -0.05) is 17.7 Å². The van der Waals surface area contributed by atoms with Gasteiger partial charge in [0.2, 0.25) is 0 Å². The van der Waals surface area contributed by atoms with Crippen LogP contribution in [-0.2, 0) is 19.0 Å². The number of benzene rings is 1. The van der Waals surface area contributed by atoms with Gasteiger partial charge in [0, 0.05) is 6.42 Å². The summed E-state index contributed by atoms with van der Waals surface area (Å²) in [5.74, 6) is 0.242. The van der Waals surface area contributed by atoms with Crippen LogP contribution in [0.25, 0.3) is 11.2 Å². The van der Waals surface area contributed by atoms with Crippen molar-refractivity contribution in [2.75, 3.05) is 12.3 Å². The van der Waals surface area contributed by atoms with Crippen molar-refractivity contribution in [1.82, 2.24) is 19.5 Å². The summed E-state index contributed by atoms with van der Waals surface area (Å²) >= 11 is 0. The van der Waals surface area contributed by atoms with E-state index in [4.69, 9.17) is 14.7 Å². The Morgan fingerprint density at radius 1 is 1.29 bits per heavy atom. The van der Waals surface area contributed by atoms with Crippen molar-refractivity contribution in [3.05, 3.63) is 42.5 Å². The van der Waals surface area contributed by atoms with E-state index in [1.807, 2.05) is 6.92 Å². The lowest BCUT2D eigenvalue weighted by Gasteiger charge is -2.16. The molecule has 0 aliphatic carbocycles. The molecule has 0 amide bonds. The zero-order valence-corrected chi connectivity index (χ0v) is 15.8. The van der Waals surface area contributed by atoms with Crippen molar-refractivity contribution < 1.29 is 22.4 Å². The predicted octanol–water partition coefficient (Wildman–Crippen LogP) is 0.771. The minimum Gasteiger partial charge on any atom is -0.390 e. The molecule has 0 spiro atoms. The number of imidazole rings is 1. The van der Waals surface area contributed by atoms with Crippen LogP contribution in [0.3, 0.4) is 0 Å². The second-order valence-corrected chi connectivity index (χ2v) is 8.18. The first-order chi connectivity index (χ1) is 13.3. The first kappa shape index (κ1) is 18.7. The number of anilines is 1. The Bertz CT molecular complexity index is 1100. The number of nitrogens with zero attached hydrogens (tertiary/aromatic N) is 4. The highest BCUT2D eigenvalue weighted by molar-refractivity contribution is 7.86. The van der Waals surface area contributed by atoms with Crippen LogP contribution in [-0.4, -0.2) is 51.9 Å². The van der Waals surface area contributed by atoms with Crippen LogP contribution in [0.2, 0.25) is 0 Å². The summed E-state index contributed by atoms with van der Waals surface area (Å²) in [6, 6.07) is 6.32. The standard InChI is InChI=1S/C17H19N5O5S/c1-10-2-4-11(5-3-10)28(24,25)26-7-13-12(23)6-14(27-13)22-9-21-15-16(18)19-8-20-17(15)22/h2-5,8-9,12-14,23H,6-7H2,1H3,(H2,18,19,20)/t12?,13-,14?/m1/s1. The summed E-state index contributed by atoms with van der Waals surface area (Å²) in [4.78, 5) is 12.3.